The van der Waals surface area contributed by atoms with E-state index in [-0.39, 0.29) is 29.2 Å². The SMILES string of the molecule is CC(C)(C)OC(=O)N[C@H](Cc1ccccc1)C(=O)N=C1S[C@H]2CS(=O)(=O)C[C@@H]2N1c1ccc(Oc2ccccc2)cc1. The average Bonchev–Trinajstić information content (AvgIpc) is 3.39. The number of thioether (sulfide) groups is 1. The summed E-state index contributed by atoms with van der Waals surface area (Å²) in [6.07, 6.45) is -0.502. The molecule has 2 heterocycles. The van der Waals surface area contributed by atoms with Crippen LogP contribution in [-0.4, -0.2) is 60.0 Å². The molecule has 0 radical (unpaired) electrons. The first-order valence-corrected chi connectivity index (χ1v) is 16.3. The number of amides is 2. The summed E-state index contributed by atoms with van der Waals surface area (Å²) in [4.78, 5) is 32.6. The molecule has 220 valence electrons. The minimum Gasteiger partial charge on any atom is -0.457 e. The van der Waals surface area contributed by atoms with Crippen molar-refractivity contribution in [1.29, 1.82) is 0 Å². The average molecular weight is 608 g/mol. The third-order valence-electron chi connectivity index (χ3n) is 6.64. The highest BCUT2D eigenvalue weighted by molar-refractivity contribution is 8.16. The predicted octanol–water partition coefficient (Wildman–Crippen LogP) is 5.22. The van der Waals surface area contributed by atoms with Crippen molar-refractivity contribution in [2.75, 3.05) is 16.4 Å². The van der Waals surface area contributed by atoms with Gasteiger partial charge < -0.3 is 19.7 Å². The van der Waals surface area contributed by atoms with E-state index in [0.29, 0.717) is 22.4 Å². The number of nitrogens with zero attached hydrogens (tertiary/aromatic N) is 2. The van der Waals surface area contributed by atoms with Gasteiger partial charge in [-0.1, -0.05) is 60.3 Å². The van der Waals surface area contributed by atoms with E-state index in [2.05, 4.69) is 10.3 Å². The number of hydrogen-bond donors (Lipinski definition) is 1. The van der Waals surface area contributed by atoms with Crippen molar-refractivity contribution < 1.29 is 27.5 Å². The van der Waals surface area contributed by atoms with Crippen molar-refractivity contribution in [2.45, 2.75) is 50.1 Å². The molecule has 3 aromatic carbocycles. The number of para-hydroxylation sites is 1. The lowest BCUT2D eigenvalue weighted by Crippen LogP contribution is -2.45. The molecule has 5 rings (SSSR count). The van der Waals surface area contributed by atoms with Gasteiger partial charge in [-0.2, -0.15) is 4.99 Å². The van der Waals surface area contributed by atoms with Crippen molar-refractivity contribution in [2.24, 2.45) is 4.99 Å². The molecule has 2 aliphatic heterocycles. The third kappa shape index (κ3) is 7.51. The molecular formula is C31H33N3O6S2. The molecule has 0 aliphatic carbocycles. The van der Waals surface area contributed by atoms with Crippen molar-refractivity contribution in [1.82, 2.24) is 5.32 Å². The number of aliphatic imine (C=N–C) groups is 1. The zero-order valence-electron chi connectivity index (χ0n) is 23.6. The Morgan fingerprint density at radius 1 is 0.952 bits per heavy atom. The Balaban J connectivity index is 1.42. The number of fused-ring (bicyclic) bond motifs is 1. The van der Waals surface area contributed by atoms with Crippen LogP contribution in [0.5, 0.6) is 11.5 Å². The van der Waals surface area contributed by atoms with Gasteiger partial charge in [0, 0.05) is 17.4 Å². The third-order valence-corrected chi connectivity index (χ3v) is 9.85. The Bertz CT molecular complexity index is 1560. The molecule has 0 saturated carbocycles. The number of rotatable bonds is 7. The summed E-state index contributed by atoms with van der Waals surface area (Å²) >= 11 is 1.27. The van der Waals surface area contributed by atoms with Gasteiger partial charge in [0.1, 0.15) is 23.1 Å². The molecule has 1 N–H and O–H groups in total. The van der Waals surface area contributed by atoms with Crippen LogP contribution in [0.2, 0.25) is 0 Å². The summed E-state index contributed by atoms with van der Waals surface area (Å²) in [6.45, 7) is 5.24. The molecule has 2 saturated heterocycles. The van der Waals surface area contributed by atoms with Gasteiger partial charge >= 0.3 is 6.09 Å². The summed E-state index contributed by atoms with van der Waals surface area (Å²) < 4.78 is 36.4. The van der Waals surface area contributed by atoms with Gasteiger partial charge in [0.05, 0.1) is 17.5 Å². The van der Waals surface area contributed by atoms with Crippen LogP contribution >= 0.6 is 11.8 Å². The van der Waals surface area contributed by atoms with E-state index in [1.165, 1.54) is 11.8 Å². The molecule has 0 spiro atoms. The Hall–Kier alpha value is -3.83. The molecule has 0 aromatic heterocycles. The molecule has 0 bridgehead atoms. The number of sulfone groups is 1. The van der Waals surface area contributed by atoms with E-state index in [4.69, 9.17) is 9.47 Å². The summed E-state index contributed by atoms with van der Waals surface area (Å²) in [5.41, 5.74) is 0.798. The van der Waals surface area contributed by atoms with Gasteiger partial charge in [-0.15, -0.1) is 0 Å². The van der Waals surface area contributed by atoms with Crippen LogP contribution in [0.15, 0.2) is 89.9 Å². The molecular weight excluding hydrogens is 574 g/mol. The first-order valence-electron chi connectivity index (χ1n) is 13.6. The topological polar surface area (TPSA) is 114 Å². The summed E-state index contributed by atoms with van der Waals surface area (Å²) in [6, 6.07) is 24.6. The molecule has 11 heteroatoms. The maximum atomic E-state index is 13.6. The summed E-state index contributed by atoms with van der Waals surface area (Å²) in [7, 11) is -3.24. The summed E-state index contributed by atoms with van der Waals surface area (Å²) in [5, 5.41) is 2.81. The van der Waals surface area contributed by atoms with E-state index in [1.807, 2.05) is 77.7 Å². The minimum absolute atomic E-state index is 0.00481. The quantitative estimate of drug-likeness (QED) is 0.389. The van der Waals surface area contributed by atoms with Crippen LogP contribution in [0.25, 0.3) is 0 Å². The molecule has 9 nitrogen and oxygen atoms in total. The maximum absolute atomic E-state index is 13.6. The fourth-order valence-electron chi connectivity index (χ4n) is 4.84. The number of alkyl carbamates (subject to hydrolysis) is 1. The predicted molar refractivity (Wildman–Crippen MR) is 165 cm³/mol. The van der Waals surface area contributed by atoms with E-state index in [1.54, 1.807) is 32.9 Å². The molecule has 2 aliphatic rings. The Morgan fingerprint density at radius 2 is 1.57 bits per heavy atom. The molecule has 3 aromatic rings. The van der Waals surface area contributed by atoms with Crippen molar-refractivity contribution in [3.8, 4) is 11.5 Å². The van der Waals surface area contributed by atoms with E-state index >= 15 is 0 Å². The highest BCUT2D eigenvalue weighted by Gasteiger charge is 2.49. The Labute approximate surface area is 250 Å². The van der Waals surface area contributed by atoms with Crippen LogP contribution in [0.3, 0.4) is 0 Å². The molecule has 0 unspecified atom stereocenters. The second-order valence-electron chi connectivity index (χ2n) is 11.2. The molecule has 3 atom stereocenters. The first kappa shape index (κ1) is 29.7. The normalized spacial score (nSPS) is 21.0. The van der Waals surface area contributed by atoms with Gasteiger partial charge in [-0.05, 0) is 62.7 Å². The smallest absolute Gasteiger partial charge is 0.408 e. The van der Waals surface area contributed by atoms with Crippen molar-refractivity contribution >= 4 is 44.5 Å². The minimum atomic E-state index is -3.24. The fourth-order valence-corrected chi connectivity index (χ4v) is 8.76. The zero-order valence-corrected chi connectivity index (χ0v) is 25.2. The Morgan fingerprint density at radius 3 is 2.21 bits per heavy atom. The van der Waals surface area contributed by atoms with Gasteiger partial charge in [-0.25, -0.2) is 13.2 Å². The maximum Gasteiger partial charge on any atom is 0.408 e. The molecule has 42 heavy (non-hydrogen) atoms. The number of carbonyl (C=O) groups is 2. The van der Waals surface area contributed by atoms with Gasteiger partial charge in [0.2, 0.25) is 0 Å². The number of anilines is 1. The zero-order chi connectivity index (χ0) is 29.9. The first-order chi connectivity index (χ1) is 20.0. The van der Waals surface area contributed by atoms with Crippen LogP contribution < -0.4 is 15.0 Å². The second-order valence-corrected chi connectivity index (χ2v) is 14.6. The lowest BCUT2D eigenvalue weighted by molar-refractivity contribution is -0.119. The highest BCUT2D eigenvalue weighted by Crippen LogP contribution is 2.41. The van der Waals surface area contributed by atoms with Gasteiger partial charge in [0.15, 0.2) is 15.0 Å². The standard InChI is InChI=1S/C31H33N3O6S2/c1-31(2,3)40-30(36)32-25(18-21-10-6-4-7-11-21)28(35)33-29-34(26-19-42(37,38)20-27(26)41-29)22-14-16-24(17-15-22)39-23-12-8-5-9-13-23/h4-17,25-27H,18-20H2,1-3H3,(H,32,36)/t25-,26+,27+/m1/s1. The summed E-state index contributed by atoms with van der Waals surface area (Å²) in [5.74, 6) is 0.725. The largest absolute Gasteiger partial charge is 0.457 e. The van der Waals surface area contributed by atoms with Crippen LogP contribution in [0, 0.1) is 0 Å². The number of ether oxygens (including phenoxy) is 2. The lowest BCUT2D eigenvalue weighted by atomic mass is 10.1. The Kier molecular flexibility index (Phi) is 8.60. The second kappa shape index (κ2) is 12.2. The van der Waals surface area contributed by atoms with Crippen molar-refractivity contribution in [3.05, 3.63) is 90.5 Å². The van der Waals surface area contributed by atoms with Gasteiger partial charge in [0.25, 0.3) is 5.91 Å². The van der Waals surface area contributed by atoms with Gasteiger partial charge in [-0.3, -0.25) is 4.79 Å². The van der Waals surface area contributed by atoms with E-state index in [0.717, 1.165) is 5.56 Å². The van der Waals surface area contributed by atoms with Crippen LogP contribution in [-0.2, 0) is 25.8 Å². The number of benzene rings is 3. The number of amidine groups is 1. The highest BCUT2D eigenvalue weighted by atomic mass is 32.2. The number of nitrogens with one attached hydrogen (secondary N) is 1. The molecule has 2 fully saturated rings. The molecule has 2 amide bonds. The fraction of sp³-hybridized carbons (Fsp3) is 0.323. The lowest BCUT2D eigenvalue weighted by Gasteiger charge is -2.25. The number of hydrogen-bond acceptors (Lipinski definition) is 7. The monoisotopic (exact) mass is 607 g/mol. The van der Waals surface area contributed by atoms with E-state index in [9.17, 15) is 18.0 Å². The number of carbonyl (C=O) groups excluding carboxylic acids is 2. The van der Waals surface area contributed by atoms with Crippen LogP contribution in [0.4, 0.5) is 10.5 Å². The van der Waals surface area contributed by atoms with Crippen molar-refractivity contribution in [3.63, 3.8) is 0 Å². The van der Waals surface area contributed by atoms with Crippen LogP contribution in [0.1, 0.15) is 26.3 Å². The van der Waals surface area contributed by atoms with E-state index < -0.39 is 33.5 Å².